The highest BCUT2D eigenvalue weighted by Gasteiger charge is 2.23. The zero-order valence-corrected chi connectivity index (χ0v) is 19.0. The van der Waals surface area contributed by atoms with Crippen molar-refractivity contribution < 1.29 is 22.0 Å². The van der Waals surface area contributed by atoms with Crippen LogP contribution in [0.25, 0.3) is 21.7 Å². The van der Waals surface area contributed by atoms with Crippen LogP contribution in [0, 0.1) is 11.6 Å². The number of hydrogen-bond donors (Lipinski definition) is 1. The Bertz CT molecular complexity index is 1430. The van der Waals surface area contributed by atoms with Crippen LogP contribution in [0.3, 0.4) is 0 Å². The van der Waals surface area contributed by atoms with Crippen LogP contribution < -0.4 is 5.32 Å². The number of amides is 1. The lowest BCUT2D eigenvalue weighted by atomic mass is 10.1. The number of rotatable bonds is 6. The number of nitrogens with one attached hydrogen (secondary N) is 1. The van der Waals surface area contributed by atoms with Crippen molar-refractivity contribution in [2.75, 3.05) is 6.26 Å². The first-order chi connectivity index (χ1) is 15.7. The third-order valence-corrected chi connectivity index (χ3v) is 7.05. The lowest BCUT2D eigenvalue weighted by molar-refractivity contribution is 0.0950. The summed E-state index contributed by atoms with van der Waals surface area (Å²) >= 11 is 1.03. The maximum Gasteiger partial charge on any atom is 0.280 e. The molecule has 3 aromatic carbocycles. The van der Waals surface area contributed by atoms with Gasteiger partial charge in [-0.05, 0) is 48.0 Å². The standard InChI is InChI=1S/C24H18F2N2O3S2/c1-33(30,31)20-8-3-2-7-19(20)22-21(16-9-11-17(25)12-10-16)28-24(32-22)23(29)27-14-15-5-4-6-18(26)13-15/h2-13H,14H2,1H3,(H,27,29). The van der Waals surface area contributed by atoms with E-state index in [2.05, 4.69) is 10.3 Å². The Morgan fingerprint density at radius 3 is 2.39 bits per heavy atom. The van der Waals surface area contributed by atoms with E-state index in [9.17, 15) is 22.0 Å². The van der Waals surface area contributed by atoms with Gasteiger partial charge in [0, 0.05) is 23.9 Å². The van der Waals surface area contributed by atoms with Gasteiger partial charge in [-0.1, -0.05) is 30.3 Å². The van der Waals surface area contributed by atoms with Crippen LogP contribution in [0.1, 0.15) is 15.4 Å². The lowest BCUT2D eigenvalue weighted by Crippen LogP contribution is -2.22. The maximum atomic E-state index is 13.5. The fourth-order valence-electron chi connectivity index (χ4n) is 3.29. The van der Waals surface area contributed by atoms with E-state index in [0.29, 0.717) is 27.3 Å². The van der Waals surface area contributed by atoms with E-state index in [1.165, 1.54) is 42.5 Å². The van der Waals surface area contributed by atoms with Crippen LogP contribution in [-0.4, -0.2) is 25.6 Å². The Hall–Kier alpha value is -3.43. The molecule has 0 saturated carbocycles. The fraction of sp³-hybridized carbons (Fsp3) is 0.0833. The van der Waals surface area contributed by atoms with Crippen molar-refractivity contribution in [3.63, 3.8) is 0 Å². The third-order valence-electron chi connectivity index (χ3n) is 4.81. The Kier molecular flexibility index (Phi) is 6.35. The highest BCUT2D eigenvalue weighted by atomic mass is 32.2. The third kappa shape index (κ3) is 5.15. The van der Waals surface area contributed by atoms with Gasteiger partial charge in [0.2, 0.25) is 0 Å². The summed E-state index contributed by atoms with van der Waals surface area (Å²) in [5, 5.41) is 2.80. The predicted molar refractivity (Wildman–Crippen MR) is 124 cm³/mol. The second-order valence-corrected chi connectivity index (χ2v) is 10.3. The first-order valence-electron chi connectivity index (χ1n) is 9.81. The Morgan fingerprint density at radius 1 is 0.970 bits per heavy atom. The molecule has 1 amide bonds. The van der Waals surface area contributed by atoms with Gasteiger partial charge < -0.3 is 5.32 Å². The quantitative estimate of drug-likeness (QED) is 0.414. The minimum atomic E-state index is -3.57. The number of nitrogens with zero attached hydrogens (tertiary/aromatic N) is 1. The van der Waals surface area contributed by atoms with Gasteiger partial charge in [0.15, 0.2) is 14.8 Å². The molecule has 1 aromatic heterocycles. The summed E-state index contributed by atoms with van der Waals surface area (Å²) in [4.78, 5) is 17.9. The summed E-state index contributed by atoms with van der Waals surface area (Å²) in [5.41, 5.74) is 1.89. The van der Waals surface area contributed by atoms with E-state index in [-0.39, 0.29) is 16.4 Å². The Morgan fingerprint density at radius 2 is 1.70 bits per heavy atom. The number of thiazole rings is 1. The summed E-state index contributed by atoms with van der Waals surface area (Å²) in [6.45, 7) is 0.0946. The largest absolute Gasteiger partial charge is 0.346 e. The van der Waals surface area contributed by atoms with Gasteiger partial charge in [0.05, 0.1) is 15.5 Å². The molecule has 0 unspecified atom stereocenters. The molecular weight excluding hydrogens is 466 g/mol. The first-order valence-corrected chi connectivity index (χ1v) is 12.5. The molecule has 168 valence electrons. The first kappa shape index (κ1) is 22.8. The molecule has 33 heavy (non-hydrogen) atoms. The number of aromatic nitrogens is 1. The van der Waals surface area contributed by atoms with Crippen LogP contribution in [0.15, 0.2) is 77.7 Å². The van der Waals surface area contributed by atoms with Crippen molar-refractivity contribution in [3.05, 3.63) is 95.0 Å². The molecule has 0 bridgehead atoms. The molecule has 0 aliphatic carbocycles. The average Bonchev–Trinajstić information content (AvgIpc) is 3.23. The van der Waals surface area contributed by atoms with E-state index in [1.807, 2.05) is 0 Å². The van der Waals surface area contributed by atoms with Crippen LogP contribution >= 0.6 is 11.3 Å². The van der Waals surface area contributed by atoms with Crippen molar-refractivity contribution >= 4 is 27.1 Å². The highest BCUT2D eigenvalue weighted by molar-refractivity contribution is 7.90. The molecule has 1 heterocycles. The summed E-state index contributed by atoms with van der Waals surface area (Å²) in [6, 6.07) is 17.9. The zero-order valence-electron chi connectivity index (χ0n) is 17.4. The summed E-state index contributed by atoms with van der Waals surface area (Å²) < 4.78 is 51.6. The number of sulfone groups is 1. The maximum absolute atomic E-state index is 13.5. The average molecular weight is 485 g/mol. The van der Waals surface area contributed by atoms with Gasteiger partial charge in [-0.15, -0.1) is 11.3 Å². The number of halogens is 2. The molecule has 0 atom stereocenters. The van der Waals surface area contributed by atoms with Crippen molar-refractivity contribution in [2.24, 2.45) is 0 Å². The highest BCUT2D eigenvalue weighted by Crippen LogP contribution is 2.39. The Labute approximate surface area is 193 Å². The second kappa shape index (κ2) is 9.21. The van der Waals surface area contributed by atoms with Gasteiger partial charge in [0.25, 0.3) is 5.91 Å². The fourth-order valence-corrected chi connectivity index (χ4v) is 5.29. The molecule has 4 aromatic rings. The van der Waals surface area contributed by atoms with E-state index in [1.54, 1.807) is 30.3 Å². The zero-order chi connectivity index (χ0) is 23.6. The van der Waals surface area contributed by atoms with E-state index >= 15 is 0 Å². The number of carbonyl (C=O) groups excluding carboxylic acids is 1. The van der Waals surface area contributed by atoms with Crippen molar-refractivity contribution in [2.45, 2.75) is 11.4 Å². The monoisotopic (exact) mass is 484 g/mol. The van der Waals surface area contributed by atoms with Crippen LogP contribution in [0.2, 0.25) is 0 Å². The molecule has 1 N–H and O–H groups in total. The predicted octanol–water partition coefficient (Wildman–Crippen LogP) is 5.09. The van der Waals surface area contributed by atoms with Gasteiger partial charge >= 0.3 is 0 Å². The molecule has 4 rings (SSSR count). The van der Waals surface area contributed by atoms with Crippen molar-refractivity contribution in [3.8, 4) is 21.7 Å². The van der Waals surface area contributed by atoms with E-state index in [0.717, 1.165) is 17.6 Å². The van der Waals surface area contributed by atoms with Crippen molar-refractivity contribution in [1.82, 2.24) is 10.3 Å². The number of benzene rings is 3. The van der Waals surface area contributed by atoms with Crippen LogP contribution in [0.5, 0.6) is 0 Å². The Balaban J connectivity index is 1.77. The molecule has 0 aliphatic rings. The van der Waals surface area contributed by atoms with E-state index < -0.39 is 27.4 Å². The second-order valence-electron chi connectivity index (χ2n) is 7.28. The minimum Gasteiger partial charge on any atom is -0.346 e. The summed E-state index contributed by atoms with van der Waals surface area (Å²) in [5.74, 6) is -1.33. The molecule has 0 fully saturated rings. The summed E-state index contributed by atoms with van der Waals surface area (Å²) in [7, 11) is -3.57. The molecule has 0 saturated heterocycles. The SMILES string of the molecule is CS(=O)(=O)c1ccccc1-c1sc(C(=O)NCc2cccc(F)c2)nc1-c1ccc(F)cc1. The molecule has 0 aliphatic heterocycles. The number of hydrogen-bond acceptors (Lipinski definition) is 5. The topological polar surface area (TPSA) is 76.1 Å². The molecule has 0 spiro atoms. The van der Waals surface area contributed by atoms with Crippen molar-refractivity contribution in [1.29, 1.82) is 0 Å². The molecular formula is C24H18F2N2O3S2. The lowest BCUT2D eigenvalue weighted by Gasteiger charge is -2.08. The summed E-state index contributed by atoms with van der Waals surface area (Å²) in [6.07, 6.45) is 1.11. The van der Waals surface area contributed by atoms with Gasteiger partial charge in [-0.2, -0.15) is 0 Å². The normalized spacial score (nSPS) is 11.4. The van der Waals surface area contributed by atoms with Gasteiger partial charge in [-0.25, -0.2) is 22.2 Å². The van der Waals surface area contributed by atoms with Gasteiger partial charge in [-0.3, -0.25) is 4.79 Å². The van der Waals surface area contributed by atoms with Gasteiger partial charge in [0.1, 0.15) is 11.6 Å². The molecule has 5 nitrogen and oxygen atoms in total. The number of carbonyl (C=O) groups is 1. The van der Waals surface area contributed by atoms with Crippen LogP contribution in [-0.2, 0) is 16.4 Å². The van der Waals surface area contributed by atoms with E-state index in [4.69, 9.17) is 0 Å². The molecule has 9 heteroatoms. The minimum absolute atomic E-state index is 0.0946. The smallest absolute Gasteiger partial charge is 0.280 e. The molecule has 0 radical (unpaired) electrons. The van der Waals surface area contributed by atoms with Crippen LogP contribution in [0.4, 0.5) is 8.78 Å².